The highest BCUT2D eigenvalue weighted by Gasteiger charge is 2.41. The Morgan fingerprint density at radius 1 is 1.44 bits per heavy atom. The molecule has 0 aliphatic carbocycles. The van der Waals surface area contributed by atoms with Gasteiger partial charge in [0.15, 0.2) is 0 Å². The first kappa shape index (κ1) is 11.4. The van der Waals surface area contributed by atoms with Gasteiger partial charge in [-0.15, -0.1) is 0 Å². The summed E-state index contributed by atoms with van der Waals surface area (Å²) in [6.07, 6.45) is 6.87. The van der Waals surface area contributed by atoms with E-state index in [1.165, 1.54) is 5.69 Å². The molecular weight excluding hydrogens is 228 g/mol. The monoisotopic (exact) mass is 246 g/mol. The average molecular weight is 246 g/mol. The molecule has 3 rings (SSSR count). The fraction of sp³-hybridized carbons (Fsp3) is 0.500. The van der Waals surface area contributed by atoms with Crippen LogP contribution in [0.15, 0.2) is 24.4 Å². The van der Waals surface area contributed by atoms with Crippen LogP contribution in [0.4, 0.5) is 4.79 Å². The van der Waals surface area contributed by atoms with Crippen LogP contribution in [0.1, 0.15) is 32.0 Å². The van der Waals surface area contributed by atoms with E-state index in [0.717, 1.165) is 6.42 Å². The number of ether oxygens (including phenoxy) is 1. The van der Waals surface area contributed by atoms with Gasteiger partial charge in [-0.05, 0) is 24.5 Å². The van der Waals surface area contributed by atoms with Crippen molar-refractivity contribution in [1.29, 1.82) is 0 Å². The van der Waals surface area contributed by atoms with Crippen LogP contribution in [0.3, 0.4) is 0 Å². The first-order chi connectivity index (χ1) is 8.68. The normalized spacial score (nSPS) is 26.6. The van der Waals surface area contributed by atoms with Crippen LogP contribution in [0.25, 0.3) is 6.20 Å². The molecule has 3 heterocycles. The zero-order chi connectivity index (χ0) is 12.7. The molecule has 2 aliphatic heterocycles. The molecule has 96 valence electrons. The summed E-state index contributed by atoms with van der Waals surface area (Å²) in [4.78, 5) is 13.9. The fourth-order valence-electron chi connectivity index (χ4n) is 2.82. The van der Waals surface area contributed by atoms with Gasteiger partial charge in [-0.1, -0.05) is 19.9 Å². The Hall–Kier alpha value is -1.71. The standard InChI is InChI=1S/C14H18N2O2/c1-10(2)13-9-18-14(17)16(13)12-6-4-8-15-7-3-5-11(12)15/h3-5,7-8,10,12-13H,6,9H2,1-2H3/t12-,13+/m0/s1. The van der Waals surface area contributed by atoms with Gasteiger partial charge < -0.3 is 9.30 Å². The van der Waals surface area contributed by atoms with Crippen LogP contribution in [-0.2, 0) is 4.74 Å². The van der Waals surface area contributed by atoms with Crippen molar-refractivity contribution in [1.82, 2.24) is 9.47 Å². The molecular formula is C14H18N2O2. The third kappa shape index (κ3) is 1.64. The van der Waals surface area contributed by atoms with Gasteiger partial charge in [-0.2, -0.15) is 0 Å². The van der Waals surface area contributed by atoms with Crippen molar-refractivity contribution in [3.63, 3.8) is 0 Å². The molecule has 0 radical (unpaired) electrons. The zero-order valence-corrected chi connectivity index (χ0v) is 10.7. The van der Waals surface area contributed by atoms with Crippen molar-refractivity contribution in [3.05, 3.63) is 30.1 Å². The number of amides is 1. The van der Waals surface area contributed by atoms with Crippen LogP contribution >= 0.6 is 0 Å². The van der Waals surface area contributed by atoms with E-state index in [1.807, 2.05) is 17.2 Å². The van der Waals surface area contributed by atoms with Crippen molar-refractivity contribution in [2.45, 2.75) is 32.4 Å². The fourth-order valence-corrected chi connectivity index (χ4v) is 2.82. The van der Waals surface area contributed by atoms with E-state index in [2.05, 4.69) is 36.8 Å². The van der Waals surface area contributed by atoms with Gasteiger partial charge in [-0.3, -0.25) is 4.90 Å². The second kappa shape index (κ2) is 4.19. The molecule has 0 unspecified atom stereocenters. The molecule has 2 atom stereocenters. The predicted octanol–water partition coefficient (Wildman–Crippen LogP) is 2.88. The lowest BCUT2D eigenvalue weighted by Gasteiger charge is -2.33. The van der Waals surface area contributed by atoms with Crippen LogP contribution in [0.2, 0.25) is 0 Å². The van der Waals surface area contributed by atoms with E-state index < -0.39 is 0 Å². The summed E-state index contributed by atoms with van der Waals surface area (Å²) in [5, 5.41) is 0. The van der Waals surface area contributed by atoms with Gasteiger partial charge in [0.2, 0.25) is 0 Å². The molecule has 18 heavy (non-hydrogen) atoms. The van der Waals surface area contributed by atoms with Crippen LogP contribution < -0.4 is 0 Å². The largest absolute Gasteiger partial charge is 0.447 e. The Bertz CT molecular complexity index is 490. The maximum atomic E-state index is 12.0. The van der Waals surface area contributed by atoms with E-state index in [4.69, 9.17) is 4.74 Å². The van der Waals surface area contributed by atoms with E-state index in [-0.39, 0.29) is 18.2 Å². The number of cyclic esters (lactones) is 1. The molecule has 1 aromatic rings. The van der Waals surface area contributed by atoms with Crippen molar-refractivity contribution < 1.29 is 9.53 Å². The lowest BCUT2D eigenvalue weighted by Crippen LogP contribution is -2.41. The number of fused-ring (bicyclic) bond motifs is 1. The molecule has 4 nitrogen and oxygen atoms in total. The SMILES string of the molecule is CC(C)[C@H]1COC(=O)N1[C@H]1CC=Cn2cccc21. The Labute approximate surface area is 107 Å². The van der Waals surface area contributed by atoms with Crippen molar-refractivity contribution in [2.75, 3.05) is 6.61 Å². The maximum absolute atomic E-state index is 12.0. The molecule has 0 N–H and O–H groups in total. The Kier molecular flexibility index (Phi) is 2.65. The molecule has 1 saturated heterocycles. The number of hydrogen-bond donors (Lipinski definition) is 0. The number of hydrogen-bond acceptors (Lipinski definition) is 2. The summed E-state index contributed by atoms with van der Waals surface area (Å²) in [6.45, 7) is 4.78. The summed E-state index contributed by atoms with van der Waals surface area (Å²) in [5.74, 6) is 0.408. The van der Waals surface area contributed by atoms with Crippen LogP contribution in [-0.4, -0.2) is 28.2 Å². The Morgan fingerprint density at radius 3 is 3.06 bits per heavy atom. The molecule has 0 saturated carbocycles. The van der Waals surface area contributed by atoms with Crippen LogP contribution in [0, 0.1) is 5.92 Å². The van der Waals surface area contributed by atoms with E-state index >= 15 is 0 Å². The molecule has 0 bridgehead atoms. The highest BCUT2D eigenvalue weighted by atomic mass is 16.6. The van der Waals surface area contributed by atoms with Gasteiger partial charge in [0.05, 0.1) is 12.1 Å². The van der Waals surface area contributed by atoms with Crippen molar-refractivity contribution in [3.8, 4) is 0 Å². The number of nitrogens with zero attached hydrogens (tertiary/aromatic N) is 2. The minimum absolute atomic E-state index is 0.104. The lowest BCUT2D eigenvalue weighted by atomic mass is 9.99. The molecule has 1 amide bonds. The highest BCUT2D eigenvalue weighted by molar-refractivity contribution is 5.71. The highest BCUT2D eigenvalue weighted by Crippen LogP contribution is 2.35. The zero-order valence-electron chi connectivity index (χ0n) is 10.7. The molecule has 2 aliphatic rings. The summed E-state index contributed by atoms with van der Waals surface area (Å²) in [6, 6.07) is 4.38. The summed E-state index contributed by atoms with van der Waals surface area (Å²) < 4.78 is 7.32. The third-order valence-electron chi connectivity index (χ3n) is 3.83. The number of rotatable bonds is 2. The van der Waals surface area contributed by atoms with Gasteiger partial charge in [0.1, 0.15) is 6.61 Å². The quantitative estimate of drug-likeness (QED) is 0.804. The number of carbonyl (C=O) groups excluding carboxylic acids is 1. The first-order valence-corrected chi connectivity index (χ1v) is 6.47. The van der Waals surface area contributed by atoms with Gasteiger partial charge in [0, 0.05) is 18.1 Å². The number of aromatic nitrogens is 1. The van der Waals surface area contributed by atoms with Crippen LogP contribution in [0.5, 0.6) is 0 Å². The summed E-state index contributed by atoms with van der Waals surface area (Å²) in [5.41, 5.74) is 1.17. The summed E-state index contributed by atoms with van der Waals surface area (Å²) in [7, 11) is 0. The lowest BCUT2D eigenvalue weighted by molar-refractivity contribution is 0.137. The van der Waals surface area contributed by atoms with Crippen molar-refractivity contribution in [2.24, 2.45) is 5.92 Å². The smallest absolute Gasteiger partial charge is 0.410 e. The minimum atomic E-state index is -0.179. The third-order valence-corrected chi connectivity index (χ3v) is 3.83. The van der Waals surface area contributed by atoms with Gasteiger partial charge in [0.25, 0.3) is 0 Å². The number of carbonyl (C=O) groups is 1. The Balaban J connectivity index is 1.95. The second-order valence-corrected chi connectivity index (χ2v) is 5.27. The average Bonchev–Trinajstić information content (AvgIpc) is 2.94. The van der Waals surface area contributed by atoms with Gasteiger partial charge in [-0.25, -0.2) is 4.79 Å². The molecule has 1 aromatic heterocycles. The summed E-state index contributed by atoms with van der Waals surface area (Å²) >= 11 is 0. The molecule has 0 aromatic carbocycles. The van der Waals surface area contributed by atoms with E-state index in [0.29, 0.717) is 12.5 Å². The first-order valence-electron chi connectivity index (χ1n) is 6.47. The maximum Gasteiger partial charge on any atom is 0.410 e. The van der Waals surface area contributed by atoms with Crippen molar-refractivity contribution >= 4 is 12.3 Å². The minimum Gasteiger partial charge on any atom is -0.447 e. The Morgan fingerprint density at radius 2 is 2.28 bits per heavy atom. The molecule has 0 spiro atoms. The van der Waals surface area contributed by atoms with E-state index in [1.54, 1.807) is 0 Å². The molecule has 1 fully saturated rings. The topological polar surface area (TPSA) is 34.5 Å². The molecule has 4 heteroatoms. The predicted molar refractivity (Wildman–Crippen MR) is 68.9 cm³/mol. The second-order valence-electron chi connectivity index (χ2n) is 5.27. The van der Waals surface area contributed by atoms with E-state index in [9.17, 15) is 4.79 Å². The van der Waals surface area contributed by atoms with Gasteiger partial charge >= 0.3 is 6.09 Å².